The number of nitrogens with zero attached hydrogens (tertiary/aromatic N) is 1. The van der Waals surface area contributed by atoms with Crippen molar-refractivity contribution >= 4 is 10.8 Å². The van der Waals surface area contributed by atoms with E-state index in [1.54, 1.807) is 31.0 Å². The van der Waals surface area contributed by atoms with Crippen LogP contribution in [0.5, 0.6) is 5.75 Å². The van der Waals surface area contributed by atoms with Crippen LogP contribution in [0.4, 0.5) is 0 Å². The summed E-state index contributed by atoms with van der Waals surface area (Å²) in [4.78, 5) is 0. The van der Waals surface area contributed by atoms with Gasteiger partial charge in [0.1, 0.15) is 5.75 Å². The van der Waals surface area contributed by atoms with E-state index in [2.05, 4.69) is 0 Å². The molecular weight excluding hydrogens is 202 g/mol. The van der Waals surface area contributed by atoms with E-state index >= 15 is 0 Å². The summed E-state index contributed by atoms with van der Waals surface area (Å²) >= 11 is 0. The summed E-state index contributed by atoms with van der Waals surface area (Å²) in [5.41, 5.74) is 0.907. The van der Waals surface area contributed by atoms with Crippen LogP contribution in [-0.2, 0) is 0 Å². The third kappa shape index (κ3) is 1.34. The van der Waals surface area contributed by atoms with Crippen molar-refractivity contribution in [3.8, 4) is 11.4 Å². The smallest absolute Gasteiger partial charge is 0.340 e. The predicted octanol–water partition coefficient (Wildman–Crippen LogP) is 2.42. The van der Waals surface area contributed by atoms with Crippen LogP contribution in [0.15, 0.2) is 59.7 Å². The van der Waals surface area contributed by atoms with Crippen molar-refractivity contribution in [2.24, 2.45) is 0 Å². The monoisotopic (exact) mass is 212 g/mol. The highest BCUT2D eigenvalue weighted by atomic mass is 16.3. The van der Waals surface area contributed by atoms with Crippen LogP contribution in [0.2, 0.25) is 0 Å². The molecule has 0 unspecified atom stereocenters. The SMILES string of the molecule is Oc1cc(-[n+]2ccoc2)c2ccccc2c1. The highest BCUT2D eigenvalue weighted by molar-refractivity contribution is 5.89. The first-order valence-corrected chi connectivity index (χ1v) is 5.00. The van der Waals surface area contributed by atoms with Crippen LogP contribution in [0.1, 0.15) is 0 Å². The Hall–Kier alpha value is -2.29. The molecule has 0 radical (unpaired) electrons. The molecule has 1 aromatic heterocycles. The molecule has 1 N–H and O–H groups in total. The van der Waals surface area contributed by atoms with E-state index in [1.165, 1.54) is 0 Å². The van der Waals surface area contributed by atoms with Crippen LogP contribution in [0.25, 0.3) is 16.5 Å². The van der Waals surface area contributed by atoms with Gasteiger partial charge in [0.25, 0.3) is 0 Å². The number of benzene rings is 2. The summed E-state index contributed by atoms with van der Waals surface area (Å²) in [5.74, 6) is 0.252. The molecule has 0 aliphatic rings. The third-order valence-electron chi connectivity index (χ3n) is 2.58. The number of aromatic hydroxyl groups is 1. The summed E-state index contributed by atoms with van der Waals surface area (Å²) in [7, 11) is 0. The molecule has 78 valence electrons. The maximum Gasteiger partial charge on any atom is 0.340 e. The fourth-order valence-electron chi connectivity index (χ4n) is 1.86. The Balaban J connectivity index is 2.39. The highest BCUT2D eigenvalue weighted by Crippen LogP contribution is 2.24. The van der Waals surface area contributed by atoms with Gasteiger partial charge in [-0.15, -0.1) is 4.57 Å². The van der Waals surface area contributed by atoms with Crippen LogP contribution >= 0.6 is 0 Å². The van der Waals surface area contributed by atoms with Gasteiger partial charge in [-0.2, -0.15) is 0 Å². The van der Waals surface area contributed by atoms with E-state index in [1.807, 2.05) is 28.8 Å². The van der Waals surface area contributed by atoms with Crippen LogP contribution in [0.3, 0.4) is 0 Å². The molecule has 3 nitrogen and oxygen atoms in total. The summed E-state index contributed by atoms with van der Waals surface area (Å²) in [6.07, 6.45) is 5.00. The first-order valence-electron chi connectivity index (χ1n) is 5.00. The lowest BCUT2D eigenvalue weighted by Gasteiger charge is -2.00. The second-order valence-corrected chi connectivity index (χ2v) is 3.62. The van der Waals surface area contributed by atoms with Crippen molar-refractivity contribution in [1.82, 2.24) is 0 Å². The first-order chi connectivity index (χ1) is 7.84. The number of phenols is 1. The second kappa shape index (κ2) is 3.38. The normalized spacial score (nSPS) is 10.8. The number of oxazole rings is 1. The zero-order chi connectivity index (χ0) is 11.0. The standard InChI is InChI=1S/C13H9NO2/c15-11-7-10-3-1-2-4-12(10)13(8-11)14-5-6-16-9-14/h1-9H/p+1. The summed E-state index contributed by atoms with van der Waals surface area (Å²) in [6.45, 7) is 0. The van der Waals surface area contributed by atoms with Crippen molar-refractivity contribution in [1.29, 1.82) is 0 Å². The average Bonchev–Trinajstić information content (AvgIpc) is 2.81. The number of phenolic OH excluding ortho intramolecular Hbond substituents is 1. The Bertz CT molecular complexity index is 629. The minimum absolute atomic E-state index is 0.252. The molecule has 0 saturated heterocycles. The lowest BCUT2D eigenvalue weighted by molar-refractivity contribution is -0.597. The molecule has 0 atom stereocenters. The summed E-state index contributed by atoms with van der Waals surface area (Å²) in [6, 6.07) is 11.4. The zero-order valence-corrected chi connectivity index (χ0v) is 8.50. The fraction of sp³-hybridized carbons (Fsp3) is 0. The fourth-order valence-corrected chi connectivity index (χ4v) is 1.86. The lowest BCUT2D eigenvalue weighted by Crippen LogP contribution is -2.26. The number of fused-ring (bicyclic) bond motifs is 1. The van der Waals surface area contributed by atoms with Crippen molar-refractivity contribution in [3.63, 3.8) is 0 Å². The Morgan fingerprint density at radius 2 is 2.00 bits per heavy atom. The number of hydrogen-bond donors (Lipinski definition) is 1. The number of rotatable bonds is 1. The van der Waals surface area contributed by atoms with Crippen molar-refractivity contribution < 1.29 is 14.1 Å². The molecule has 16 heavy (non-hydrogen) atoms. The third-order valence-corrected chi connectivity index (χ3v) is 2.58. The van der Waals surface area contributed by atoms with Gasteiger partial charge in [0.05, 0.1) is 11.5 Å². The molecule has 3 heteroatoms. The van der Waals surface area contributed by atoms with E-state index in [0.717, 1.165) is 16.5 Å². The number of hydrogen-bond acceptors (Lipinski definition) is 2. The minimum Gasteiger partial charge on any atom is -0.508 e. The Morgan fingerprint density at radius 3 is 2.81 bits per heavy atom. The largest absolute Gasteiger partial charge is 0.508 e. The van der Waals surface area contributed by atoms with Gasteiger partial charge < -0.3 is 9.52 Å². The van der Waals surface area contributed by atoms with Crippen molar-refractivity contribution in [2.45, 2.75) is 0 Å². The molecule has 0 spiro atoms. The molecule has 0 saturated carbocycles. The Labute approximate surface area is 92.2 Å². The Morgan fingerprint density at radius 1 is 1.12 bits per heavy atom. The minimum atomic E-state index is 0.252. The maximum absolute atomic E-state index is 9.67. The zero-order valence-electron chi connectivity index (χ0n) is 8.50. The van der Waals surface area contributed by atoms with Gasteiger partial charge in [-0.25, -0.2) is 0 Å². The molecule has 3 aromatic rings. The molecule has 0 bridgehead atoms. The molecule has 0 amide bonds. The van der Waals surface area contributed by atoms with Gasteiger partial charge >= 0.3 is 6.39 Å². The van der Waals surface area contributed by atoms with Crippen LogP contribution < -0.4 is 4.57 Å². The van der Waals surface area contributed by atoms with Crippen LogP contribution in [-0.4, -0.2) is 5.11 Å². The number of aromatic nitrogens is 1. The molecule has 0 aliphatic heterocycles. The molecule has 0 aliphatic carbocycles. The van der Waals surface area contributed by atoms with E-state index in [0.29, 0.717) is 0 Å². The molecular formula is C13H10NO2+. The van der Waals surface area contributed by atoms with Crippen molar-refractivity contribution in [3.05, 3.63) is 55.3 Å². The van der Waals surface area contributed by atoms with Gasteiger partial charge in [-0.05, 0) is 17.5 Å². The summed E-state index contributed by atoms with van der Waals surface area (Å²) in [5, 5.41) is 11.7. The highest BCUT2D eigenvalue weighted by Gasteiger charge is 2.13. The molecule has 0 fully saturated rings. The van der Waals surface area contributed by atoms with Crippen LogP contribution in [0, 0.1) is 0 Å². The van der Waals surface area contributed by atoms with Gasteiger partial charge in [0.2, 0.25) is 11.9 Å². The average molecular weight is 212 g/mol. The summed E-state index contributed by atoms with van der Waals surface area (Å²) < 4.78 is 6.87. The first kappa shape index (κ1) is 8.97. The lowest BCUT2D eigenvalue weighted by atomic mass is 10.1. The second-order valence-electron chi connectivity index (χ2n) is 3.62. The van der Waals surface area contributed by atoms with Gasteiger partial charge in [-0.3, -0.25) is 0 Å². The molecule has 3 rings (SSSR count). The van der Waals surface area contributed by atoms with Crippen molar-refractivity contribution in [2.75, 3.05) is 0 Å². The Kier molecular flexibility index (Phi) is 1.90. The topological polar surface area (TPSA) is 37.2 Å². The quantitative estimate of drug-likeness (QED) is 0.629. The van der Waals surface area contributed by atoms with Gasteiger partial charge in [0, 0.05) is 0 Å². The molecule has 2 aromatic carbocycles. The maximum atomic E-state index is 9.67. The van der Waals surface area contributed by atoms with E-state index < -0.39 is 0 Å². The van der Waals surface area contributed by atoms with E-state index in [9.17, 15) is 5.11 Å². The van der Waals surface area contributed by atoms with Gasteiger partial charge in [-0.1, -0.05) is 18.2 Å². The molecule has 1 heterocycles. The predicted molar refractivity (Wildman–Crippen MR) is 59.4 cm³/mol. The van der Waals surface area contributed by atoms with E-state index in [4.69, 9.17) is 4.42 Å². The van der Waals surface area contributed by atoms with E-state index in [-0.39, 0.29) is 5.75 Å². The van der Waals surface area contributed by atoms with Gasteiger partial charge in [0.15, 0.2) is 6.26 Å².